The third-order valence-corrected chi connectivity index (χ3v) is 3.00. The van der Waals surface area contributed by atoms with Crippen LogP contribution >= 0.6 is 0 Å². The highest BCUT2D eigenvalue weighted by atomic mass is 16.4. The van der Waals surface area contributed by atoms with Gasteiger partial charge in [-0.05, 0) is 49.3 Å². The van der Waals surface area contributed by atoms with E-state index < -0.39 is 5.97 Å². The number of rotatable bonds is 3. The first-order valence-corrected chi connectivity index (χ1v) is 5.60. The second-order valence-corrected chi connectivity index (χ2v) is 4.53. The van der Waals surface area contributed by atoms with E-state index in [1.165, 1.54) is 11.6 Å². The summed E-state index contributed by atoms with van der Waals surface area (Å²) in [5, 5.41) is 8.91. The molecule has 2 nitrogen and oxygen atoms in total. The third kappa shape index (κ3) is 2.32. The number of carbonyl (C=O) groups is 1. The minimum Gasteiger partial charge on any atom is -0.478 e. The molecule has 0 heterocycles. The van der Waals surface area contributed by atoms with Crippen molar-refractivity contribution < 1.29 is 9.90 Å². The highest BCUT2D eigenvalue weighted by Crippen LogP contribution is 2.42. The van der Waals surface area contributed by atoms with E-state index >= 15 is 0 Å². The highest BCUT2D eigenvalue weighted by molar-refractivity contribution is 5.91. The Morgan fingerprint density at radius 2 is 2.06 bits per heavy atom. The van der Waals surface area contributed by atoms with Gasteiger partial charge in [0.15, 0.2) is 0 Å². The van der Waals surface area contributed by atoms with Crippen molar-refractivity contribution in [2.45, 2.75) is 26.7 Å². The van der Waals surface area contributed by atoms with Crippen LogP contribution in [-0.2, 0) is 4.79 Å². The van der Waals surface area contributed by atoms with Gasteiger partial charge >= 0.3 is 5.97 Å². The minimum atomic E-state index is -0.845. The number of aryl methyl sites for hydroxylation is 2. The summed E-state index contributed by atoms with van der Waals surface area (Å²) in [6.07, 6.45) is 3.61. The fourth-order valence-corrected chi connectivity index (χ4v) is 1.99. The number of carboxylic acid groups (broad SMARTS) is 1. The lowest BCUT2D eigenvalue weighted by molar-refractivity contribution is -0.131. The maximum atomic E-state index is 10.8. The Morgan fingerprint density at radius 1 is 1.38 bits per heavy atom. The molecule has 2 rings (SSSR count). The fraction of sp³-hybridized carbons (Fsp3) is 0.357. The van der Waals surface area contributed by atoms with Crippen LogP contribution in [0.3, 0.4) is 0 Å². The van der Waals surface area contributed by atoms with Gasteiger partial charge in [-0.15, -0.1) is 0 Å². The smallest absolute Gasteiger partial charge is 0.328 e. The molecule has 2 heteroatoms. The van der Waals surface area contributed by atoms with E-state index in [2.05, 4.69) is 18.2 Å². The monoisotopic (exact) mass is 216 g/mol. The van der Waals surface area contributed by atoms with Gasteiger partial charge in [0.1, 0.15) is 0 Å². The van der Waals surface area contributed by atoms with Crippen molar-refractivity contribution in [1.29, 1.82) is 0 Å². The molecule has 0 aromatic heterocycles. The largest absolute Gasteiger partial charge is 0.478 e. The fourth-order valence-electron chi connectivity index (χ4n) is 1.99. The summed E-state index contributed by atoms with van der Waals surface area (Å²) in [6.45, 7) is 4.07. The first kappa shape index (κ1) is 10.9. The Hall–Kier alpha value is -1.57. The average Bonchev–Trinajstić information content (AvgIpc) is 3.02. The number of hydrogen-bond donors (Lipinski definition) is 1. The van der Waals surface area contributed by atoms with Gasteiger partial charge < -0.3 is 5.11 Å². The van der Waals surface area contributed by atoms with Gasteiger partial charge in [0, 0.05) is 6.08 Å². The topological polar surface area (TPSA) is 37.3 Å². The van der Waals surface area contributed by atoms with Gasteiger partial charge in [-0.3, -0.25) is 0 Å². The Balaban J connectivity index is 2.46. The molecule has 0 aliphatic heterocycles. The van der Waals surface area contributed by atoms with Gasteiger partial charge in [-0.2, -0.15) is 0 Å². The van der Waals surface area contributed by atoms with Crippen LogP contribution in [0.1, 0.15) is 29.5 Å². The summed E-state index contributed by atoms with van der Waals surface area (Å²) in [6, 6.07) is 6.20. The summed E-state index contributed by atoms with van der Waals surface area (Å²) in [5.41, 5.74) is 4.43. The maximum Gasteiger partial charge on any atom is 0.328 e. The molecule has 1 aromatic rings. The first-order valence-electron chi connectivity index (χ1n) is 5.60. The normalized spacial score (nSPS) is 16.2. The lowest BCUT2D eigenvalue weighted by Crippen LogP contribution is -1.97. The van der Waals surface area contributed by atoms with Crippen molar-refractivity contribution in [3.63, 3.8) is 0 Å². The molecule has 0 radical (unpaired) electrons. The van der Waals surface area contributed by atoms with Crippen LogP contribution in [0.4, 0.5) is 0 Å². The number of hydrogen-bond acceptors (Lipinski definition) is 1. The Labute approximate surface area is 95.6 Å². The van der Waals surface area contributed by atoms with Crippen LogP contribution in [0.25, 0.3) is 5.57 Å². The van der Waals surface area contributed by atoms with E-state index in [1.54, 1.807) is 0 Å². The number of aliphatic carboxylic acids is 1. The number of benzene rings is 1. The van der Waals surface area contributed by atoms with Crippen LogP contribution in [-0.4, -0.2) is 11.1 Å². The van der Waals surface area contributed by atoms with Gasteiger partial charge in [-0.25, -0.2) is 4.79 Å². The van der Waals surface area contributed by atoms with E-state index in [-0.39, 0.29) is 0 Å². The van der Waals surface area contributed by atoms with Crippen LogP contribution in [0.5, 0.6) is 0 Å². The zero-order valence-corrected chi connectivity index (χ0v) is 9.66. The molecule has 0 spiro atoms. The van der Waals surface area contributed by atoms with Crippen LogP contribution in [0.15, 0.2) is 24.3 Å². The molecule has 1 saturated carbocycles. The molecule has 1 fully saturated rings. The summed E-state index contributed by atoms with van der Waals surface area (Å²) in [4.78, 5) is 10.8. The molecule has 84 valence electrons. The summed E-state index contributed by atoms with van der Waals surface area (Å²) >= 11 is 0. The lowest BCUT2D eigenvalue weighted by atomic mass is 9.95. The maximum absolute atomic E-state index is 10.8. The van der Waals surface area contributed by atoms with Crippen molar-refractivity contribution in [1.82, 2.24) is 0 Å². The molecule has 0 atom stereocenters. The molecule has 1 aromatic carbocycles. The van der Waals surface area contributed by atoms with Crippen LogP contribution in [0.2, 0.25) is 0 Å². The predicted octanol–water partition coefficient (Wildman–Crippen LogP) is 3.18. The molecule has 0 bridgehead atoms. The van der Waals surface area contributed by atoms with Gasteiger partial charge in [0.2, 0.25) is 0 Å². The van der Waals surface area contributed by atoms with Gasteiger partial charge in [-0.1, -0.05) is 23.8 Å². The second-order valence-electron chi connectivity index (χ2n) is 4.53. The van der Waals surface area contributed by atoms with E-state index in [1.807, 2.05) is 13.8 Å². The Kier molecular flexibility index (Phi) is 2.82. The van der Waals surface area contributed by atoms with Crippen LogP contribution in [0, 0.1) is 19.8 Å². The summed E-state index contributed by atoms with van der Waals surface area (Å²) in [5.74, 6) is -0.389. The molecule has 0 amide bonds. The Morgan fingerprint density at radius 3 is 2.62 bits per heavy atom. The number of allylic oxidation sites excluding steroid dienone is 1. The minimum absolute atomic E-state index is 0.455. The molecule has 0 saturated heterocycles. The Bertz CT molecular complexity index is 454. The van der Waals surface area contributed by atoms with E-state index in [4.69, 9.17) is 5.11 Å². The first-order chi connectivity index (χ1) is 7.58. The molecule has 1 N–H and O–H groups in total. The molecular weight excluding hydrogens is 200 g/mol. The molecule has 16 heavy (non-hydrogen) atoms. The lowest BCUT2D eigenvalue weighted by Gasteiger charge is -2.10. The summed E-state index contributed by atoms with van der Waals surface area (Å²) < 4.78 is 0. The molecular formula is C14H16O2. The van der Waals surface area contributed by atoms with Gasteiger partial charge in [0.05, 0.1) is 0 Å². The SMILES string of the molecule is Cc1ccc(C)c(/C(=C/C(=O)O)C2CC2)c1. The quantitative estimate of drug-likeness (QED) is 0.788. The van der Waals surface area contributed by atoms with E-state index in [0.717, 1.165) is 29.5 Å². The zero-order chi connectivity index (χ0) is 11.7. The van der Waals surface area contributed by atoms with E-state index in [9.17, 15) is 4.79 Å². The second kappa shape index (κ2) is 4.12. The molecule has 1 aliphatic carbocycles. The number of carboxylic acids is 1. The van der Waals surface area contributed by atoms with Gasteiger partial charge in [0.25, 0.3) is 0 Å². The highest BCUT2D eigenvalue weighted by Gasteiger charge is 2.28. The van der Waals surface area contributed by atoms with Crippen molar-refractivity contribution >= 4 is 11.5 Å². The van der Waals surface area contributed by atoms with Crippen molar-refractivity contribution in [2.75, 3.05) is 0 Å². The van der Waals surface area contributed by atoms with E-state index in [0.29, 0.717) is 5.92 Å². The van der Waals surface area contributed by atoms with Crippen molar-refractivity contribution in [3.8, 4) is 0 Å². The molecule has 0 unspecified atom stereocenters. The van der Waals surface area contributed by atoms with Crippen molar-refractivity contribution in [3.05, 3.63) is 41.0 Å². The third-order valence-electron chi connectivity index (χ3n) is 3.00. The van der Waals surface area contributed by atoms with Crippen molar-refractivity contribution in [2.24, 2.45) is 5.92 Å². The summed E-state index contributed by atoms with van der Waals surface area (Å²) in [7, 11) is 0. The standard InChI is InChI=1S/C14H16O2/c1-9-3-4-10(2)12(7-9)13(8-14(15)16)11-5-6-11/h3-4,7-8,11H,5-6H2,1-2H3,(H,15,16)/b13-8+. The van der Waals surface area contributed by atoms with Crippen LogP contribution < -0.4 is 0 Å². The zero-order valence-electron chi connectivity index (χ0n) is 9.66. The predicted molar refractivity (Wildman–Crippen MR) is 64.3 cm³/mol. The molecule has 1 aliphatic rings. The average molecular weight is 216 g/mol.